The van der Waals surface area contributed by atoms with Crippen molar-refractivity contribution in [2.24, 2.45) is 16.8 Å². The van der Waals surface area contributed by atoms with Crippen LogP contribution in [0.3, 0.4) is 0 Å². The number of hydrogen-bond acceptors (Lipinski definition) is 8. The number of benzene rings is 2. The van der Waals surface area contributed by atoms with Gasteiger partial charge in [-0.2, -0.15) is 0 Å². The first-order valence-corrected chi connectivity index (χ1v) is 18.8. The van der Waals surface area contributed by atoms with Crippen LogP contribution in [0.15, 0.2) is 65.9 Å². The Morgan fingerprint density at radius 2 is 1.20 bits per heavy atom. The fourth-order valence-electron chi connectivity index (χ4n) is 7.65. The maximum Gasteiger partial charge on any atom is 0.407 e. The number of H-pyrrole nitrogens is 1. The second-order valence-electron chi connectivity index (χ2n) is 14.9. The molecule has 0 saturated carbocycles. The number of nitrogens with zero attached hydrogens (tertiary/aromatic N) is 4. The number of alkyl carbamates (subject to hydrolysis) is 2. The molecule has 0 radical (unpaired) electrons. The molecule has 3 N–H and O–H groups in total. The molecule has 4 atom stereocenters. The Hall–Kier alpha value is -5.46. The minimum Gasteiger partial charge on any atom is -0.453 e. The van der Waals surface area contributed by atoms with E-state index in [2.05, 4.69) is 69.1 Å². The maximum atomic E-state index is 13.5. The van der Waals surface area contributed by atoms with Crippen molar-refractivity contribution in [3.8, 4) is 22.4 Å². The number of hydrogen-bond donors (Lipinski definition) is 3. The molecule has 54 heavy (non-hydrogen) atoms. The lowest BCUT2D eigenvalue weighted by atomic mass is 9.95. The summed E-state index contributed by atoms with van der Waals surface area (Å²) in [7, 11) is 2.59. The van der Waals surface area contributed by atoms with Gasteiger partial charge in [0.15, 0.2) is 0 Å². The Bertz CT molecular complexity index is 1900. The van der Waals surface area contributed by atoms with Crippen molar-refractivity contribution in [2.75, 3.05) is 27.3 Å². The van der Waals surface area contributed by atoms with Gasteiger partial charge in [0.25, 0.3) is 0 Å². The van der Waals surface area contributed by atoms with Crippen LogP contribution >= 0.6 is 0 Å². The second kappa shape index (κ2) is 16.7. The number of imidazole rings is 1. The fourth-order valence-corrected chi connectivity index (χ4v) is 7.65. The number of aromatic nitrogens is 2. The van der Waals surface area contributed by atoms with E-state index in [9.17, 15) is 19.2 Å². The minimum absolute atomic E-state index is 0.0837. The van der Waals surface area contributed by atoms with Crippen LogP contribution in [0.2, 0.25) is 0 Å². The van der Waals surface area contributed by atoms with E-state index < -0.39 is 24.3 Å². The number of carbonyl (C=O) groups excluding carboxylic acids is 4. The summed E-state index contributed by atoms with van der Waals surface area (Å²) in [5.41, 5.74) is 7.18. The maximum absolute atomic E-state index is 13.5. The van der Waals surface area contributed by atoms with Gasteiger partial charge in [0.05, 0.1) is 38.2 Å². The van der Waals surface area contributed by atoms with Gasteiger partial charge in [-0.3, -0.25) is 14.6 Å². The predicted molar refractivity (Wildman–Crippen MR) is 206 cm³/mol. The first-order chi connectivity index (χ1) is 26.0. The van der Waals surface area contributed by atoms with Crippen LogP contribution in [0.25, 0.3) is 28.0 Å². The van der Waals surface area contributed by atoms with Crippen molar-refractivity contribution in [2.45, 2.75) is 84.0 Å². The zero-order valence-corrected chi connectivity index (χ0v) is 31.9. The highest BCUT2D eigenvalue weighted by molar-refractivity contribution is 6.04. The Morgan fingerprint density at radius 1 is 0.722 bits per heavy atom. The molecule has 13 nitrogen and oxygen atoms in total. The first-order valence-electron chi connectivity index (χ1n) is 18.8. The second-order valence-corrected chi connectivity index (χ2v) is 14.9. The van der Waals surface area contributed by atoms with Gasteiger partial charge in [-0.05, 0) is 65.3 Å². The summed E-state index contributed by atoms with van der Waals surface area (Å²) in [6, 6.07) is 15.1. The van der Waals surface area contributed by atoms with Crippen LogP contribution < -0.4 is 10.6 Å². The monoisotopic (exact) mass is 737 g/mol. The fraction of sp³-hybridized carbons (Fsp3) is 0.463. The molecular weight excluding hydrogens is 686 g/mol. The summed E-state index contributed by atoms with van der Waals surface area (Å²) in [6.45, 7) is 8.87. The third-order valence-electron chi connectivity index (χ3n) is 10.7. The summed E-state index contributed by atoms with van der Waals surface area (Å²) in [5, 5.41) is 5.41. The number of methoxy groups -OCH3 is 2. The van der Waals surface area contributed by atoms with Crippen LogP contribution in [0.4, 0.5) is 9.59 Å². The van der Waals surface area contributed by atoms with Gasteiger partial charge in [-0.25, -0.2) is 14.6 Å². The average Bonchev–Trinajstić information content (AvgIpc) is 4.02. The molecule has 2 saturated heterocycles. The van der Waals surface area contributed by atoms with E-state index in [1.54, 1.807) is 6.20 Å². The average molecular weight is 738 g/mol. The Kier molecular flexibility index (Phi) is 11.8. The van der Waals surface area contributed by atoms with Gasteiger partial charge in [0, 0.05) is 31.4 Å². The van der Waals surface area contributed by atoms with E-state index in [1.165, 1.54) is 14.2 Å². The zero-order chi connectivity index (χ0) is 38.5. The van der Waals surface area contributed by atoms with Gasteiger partial charge in [-0.1, -0.05) is 76.2 Å². The molecule has 2 aromatic carbocycles. The van der Waals surface area contributed by atoms with Crippen molar-refractivity contribution in [3.05, 3.63) is 72.3 Å². The van der Waals surface area contributed by atoms with Crippen molar-refractivity contribution < 1.29 is 28.7 Å². The molecule has 4 heterocycles. The highest BCUT2D eigenvalue weighted by Gasteiger charge is 2.39. The number of carbonyl (C=O) groups is 4. The summed E-state index contributed by atoms with van der Waals surface area (Å²) < 4.78 is 9.52. The van der Waals surface area contributed by atoms with Crippen molar-refractivity contribution >= 4 is 35.3 Å². The van der Waals surface area contributed by atoms with Gasteiger partial charge in [-0.15, -0.1) is 0 Å². The topological polar surface area (TPSA) is 158 Å². The Balaban J connectivity index is 1.07. The van der Waals surface area contributed by atoms with Crippen molar-refractivity contribution in [1.29, 1.82) is 0 Å². The lowest BCUT2D eigenvalue weighted by Gasteiger charge is -2.31. The summed E-state index contributed by atoms with van der Waals surface area (Å²) in [4.78, 5) is 67.5. The van der Waals surface area contributed by atoms with Crippen LogP contribution in [0, 0.1) is 11.8 Å². The molecule has 0 spiro atoms. The molecule has 3 aromatic rings. The zero-order valence-electron chi connectivity index (χ0n) is 31.9. The largest absolute Gasteiger partial charge is 0.453 e. The van der Waals surface area contributed by atoms with Crippen LogP contribution in [-0.2, 0) is 19.1 Å². The number of nitrogens with one attached hydrogen (secondary N) is 3. The predicted octanol–water partition coefficient (Wildman–Crippen LogP) is 6.35. The molecule has 1 aromatic heterocycles. The molecule has 6 rings (SSSR count). The first kappa shape index (κ1) is 38.3. The van der Waals surface area contributed by atoms with Crippen LogP contribution in [0.5, 0.6) is 0 Å². The number of aliphatic imine (C=N–C) groups is 1. The highest BCUT2D eigenvalue weighted by atomic mass is 16.5. The molecule has 0 aliphatic carbocycles. The number of ether oxygens (including phenoxy) is 2. The van der Waals surface area contributed by atoms with Crippen LogP contribution in [0.1, 0.15) is 77.2 Å². The van der Waals surface area contributed by atoms with E-state index in [1.807, 2.05) is 43.7 Å². The van der Waals surface area contributed by atoms with E-state index in [0.29, 0.717) is 19.5 Å². The van der Waals surface area contributed by atoms with Gasteiger partial charge < -0.3 is 34.9 Å². The van der Waals surface area contributed by atoms with Gasteiger partial charge in [0.2, 0.25) is 11.8 Å². The molecule has 3 aliphatic heterocycles. The van der Waals surface area contributed by atoms with Crippen molar-refractivity contribution in [3.63, 3.8) is 0 Å². The van der Waals surface area contributed by atoms with Gasteiger partial charge in [0.1, 0.15) is 17.9 Å². The lowest BCUT2D eigenvalue weighted by molar-refractivity contribution is -0.135. The van der Waals surface area contributed by atoms with E-state index in [4.69, 9.17) is 14.5 Å². The molecule has 2 unspecified atom stereocenters. The molecule has 3 aliphatic rings. The molecule has 2 fully saturated rings. The standard InChI is InChI=1S/C41H51N7O6/c1-24(2)35(45-40(51)53-5)38(49)47-19-7-9-33(47)31-21-30(22-42-31)28-13-11-26(12-14-28)27-15-17-29(18-16-27)32-23-43-37(44-32)34-10-8-20-48(34)39(50)36(25(3)4)46-41(52)54-6/h11-18,22-25,33-36H,7-10,19-21H2,1-6H3,(H,43,44)(H,45,51)(H,46,52)/t33-,34+,35?,36?/m0/s1. The quantitative estimate of drug-likeness (QED) is 0.207. The van der Waals surface area contributed by atoms with Crippen molar-refractivity contribution in [1.82, 2.24) is 30.4 Å². The van der Waals surface area contributed by atoms with Gasteiger partial charge >= 0.3 is 12.2 Å². The third-order valence-corrected chi connectivity index (χ3v) is 10.7. The number of likely N-dealkylation sites (tertiary alicyclic amines) is 2. The third kappa shape index (κ3) is 8.19. The number of aromatic amines is 1. The Labute approximate surface area is 316 Å². The smallest absolute Gasteiger partial charge is 0.407 e. The van der Waals surface area contributed by atoms with E-state index in [-0.39, 0.29) is 35.7 Å². The molecule has 286 valence electrons. The molecule has 13 heteroatoms. The van der Waals surface area contributed by atoms with E-state index >= 15 is 0 Å². The number of allylic oxidation sites excluding steroid dienone is 1. The summed E-state index contributed by atoms with van der Waals surface area (Å²) in [6.07, 6.45) is 6.52. The summed E-state index contributed by atoms with van der Waals surface area (Å²) in [5.74, 6) is 0.306. The highest BCUT2D eigenvalue weighted by Crippen LogP contribution is 2.34. The normalized spacial score (nSPS) is 19.4. The van der Waals surface area contributed by atoms with Crippen LogP contribution in [-0.4, -0.2) is 94.9 Å². The Morgan fingerprint density at radius 3 is 1.72 bits per heavy atom. The molecule has 0 bridgehead atoms. The molecule has 4 amide bonds. The number of amides is 4. The SMILES string of the molecule is COC(=O)NC(C(=O)N1CCC[C@@H]1c1ncc(-c2ccc(-c3ccc(C4=CN=C([C@@H]5CCCN5C(=O)C(NC(=O)OC)C(C)C)C4)cc3)cc2)[nH]1)C(C)C. The molecular formula is C41H51N7O6. The lowest BCUT2D eigenvalue weighted by Crippen LogP contribution is -2.53. The summed E-state index contributed by atoms with van der Waals surface area (Å²) >= 11 is 0. The van der Waals surface area contributed by atoms with E-state index in [0.717, 1.165) is 70.7 Å². The number of rotatable bonds is 11. The minimum atomic E-state index is -0.684.